The molecule has 0 bridgehead atoms. The predicted octanol–water partition coefficient (Wildman–Crippen LogP) is 3.41. The number of aromatic hydroxyl groups is 1. The molecule has 1 heterocycles. The Morgan fingerprint density at radius 1 is 1.13 bits per heavy atom. The summed E-state index contributed by atoms with van der Waals surface area (Å²) in [6, 6.07) is 7.50. The Balaban J connectivity index is 2.07. The molecule has 2 aromatic rings. The minimum atomic E-state index is -0.805. The third-order valence-electron chi connectivity index (χ3n) is 4.92. The summed E-state index contributed by atoms with van der Waals surface area (Å²) in [4.78, 5) is 38.8. The number of ether oxygens (including phenoxy) is 1. The molecule has 0 unspecified atom stereocenters. The number of nitrogens with one attached hydrogen (secondary N) is 1. The lowest BCUT2D eigenvalue weighted by atomic mass is 10.0. The lowest BCUT2D eigenvalue weighted by molar-refractivity contribution is -0.122. The molecule has 4 amide bonds. The van der Waals surface area contributed by atoms with Gasteiger partial charge in [0.1, 0.15) is 5.57 Å². The van der Waals surface area contributed by atoms with Gasteiger partial charge < -0.3 is 9.84 Å². The fraction of sp³-hybridized carbons (Fsp3) is 0.174. The molecular weight excluding hydrogens is 384 g/mol. The van der Waals surface area contributed by atoms with Gasteiger partial charge in [-0.3, -0.25) is 14.9 Å². The van der Waals surface area contributed by atoms with Crippen molar-refractivity contribution in [3.05, 3.63) is 70.8 Å². The van der Waals surface area contributed by atoms with E-state index in [1.807, 2.05) is 13.8 Å². The van der Waals surface area contributed by atoms with E-state index in [1.165, 1.54) is 19.3 Å². The van der Waals surface area contributed by atoms with Gasteiger partial charge in [0.2, 0.25) is 0 Å². The number of phenolic OH excluding ortho intramolecular Hbond substituents is 1. The van der Waals surface area contributed by atoms with Crippen LogP contribution in [0.2, 0.25) is 0 Å². The summed E-state index contributed by atoms with van der Waals surface area (Å²) in [7, 11) is 1.41. The van der Waals surface area contributed by atoms with Crippen LogP contribution in [0.4, 0.5) is 10.5 Å². The zero-order valence-corrected chi connectivity index (χ0v) is 17.0. The highest BCUT2D eigenvalue weighted by Gasteiger charge is 2.37. The molecule has 0 atom stereocenters. The number of carbonyl (C=O) groups excluding carboxylic acids is 3. The summed E-state index contributed by atoms with van der Waals surface area (Å²) in [5, 5.41) is 12.4. The first-order chi connectivity index (χ1) is 14.3. The molecule has 0 aromatic heterocycles. The number of amides is 4. The number of allylic oxidation sites excluding steroid dienone is 1. The molecule has 0 radical (unpaired) electrons. The zero-order valence-electron chi connectivity index (χ0n) is 17.0. The van der Waals surface area contributed by atoms with Gasteiger partial charge in [-0.2, -0.15) is 0 Å². The van der Waals surface area contributed by atoms with E-state index in [-0.39, 0.29) is 17.1 Å². The predicted molar refractivity (Wildman–Crippen MR) is 113 cm³/mol. The summed E-state index contributed by atoms with van der Waals surface area (Å²) in [5.41, 5.74) is 3.09. The number of nitrogens with zero attached hydrogens (tertiary/aromatic N) is 1. The molecule has 1 aliphatic heterocycles. The Morgan fingerprint density at radius 2 is 1.87 bits per heavy atom. The first-order valence-electron chi connectivity index (χ1n) is 9.26. The molecule has 7 heteroatoms. The van der Waals surface area contributed by atoms with Gasteiger partial charge in [0.15, 0.2) is 11.5 Å². The van der Waals surface area contributed by atoms with Crippen molar-refractivity contribution in [2.75, 3.05) is 12.0 Å². The van der Waals surface area contributed by atoms with Gasteiger partial charge in [0.05, 0.1) is 12.8 Å². The maximum Gasteiger partial charge on any atom is 0.335 e. The molecular formula is C23H22N2O5. The van der Waals surface area contributed by atoms with Crippen molar-refractivity contribution < 1.29 is 24.2 Å². The fourth-order valence-corrected chi connectivity index (χ4v) is 3.16. The summed E-state index contributed by atoms with van der Waals surface area (Å²) in [6.07, 6.45) is 3.35. The number of hydrogen-bond acceptors (Lipinski definition) is 5. The molecule has 1 saturated heterocycles. The van der Waals surface area contributed by atoms with E-state index in [9.17, 15) is 19.5 Å². The van der Waals surface area contributed by atoms with Crippen molar-refractivity contribution in [3.63, 3.8) is 0 Å². The molecule has 0 spiro atoms. The van der Waals surface area contributed by atoms with E-state index in [0.717, 1.165) is 16.0 Å². The second kappa shape index (κ2) is 8.24. The van der Waals surface area contributed by atoms with Gasteiger partial charge in [-0.15, -0.1) is 6.58 Å². The van der Waals surface area contributed by atoms with E-state index in [4.69, 9.17) is 4.74 Å². The monoisotopic (exact) mass is 406 g/mol. The van der Waals surface area contributed by atoms with Crippen LogP contribution in [-0.4, -0.2) is 30.1 Å². The van der Waals surface area contributed by atoms with Gasteiger partial charge in [-0.25, -0.2) is 9.69 Å². The third-order valence-corrected chi connectivity index (χ3v) is 4.92. The van der Waals surface area contributed by atoms with Crippen molar-refractivity contribution in [2.24, 2.45) is 0 Å². The average Bonchev–Trinajstić information content (AvgIpc) is 2.70. The standard InChI is InChI=1S/C23H22N2O5/c1-5-6-16-10-15(12-19(30-4)20(16)26)11-18-21(27)24-23(29)25(22(18)28)17-8-7-13(2)14(3)9-17/h5,7-12,26H,1,6H2,2-4H3,(H,24,27,29). The third kappa shape index (κ3) is 3.82. The average molecular weight is 406 g/mol. The summed E-state index contributed by atoms with van der Waals surface area (Å²) in [6.45, 7) is 7.45. The molecule has 7 nitrogen and oxygen atoms in total. The Hall–Kier alpha value is -3.87. The number of urea groups is 1. The lowest BCUT2D eigenvalue weighted by Gasteiger charge is -2.27. The highest BCUT2D eigenvalue weighted by atomic mass is 16.5. The Morgan fingerprint density at radius 3 is 2.50 bits per heavy atom. The van der Waals surface area contributed by atoms with E-state index < -0.39 is 17.8 Å². The number of phenols is 1. The number of benzene rings is 2. The summed E-state index contributed by atoms with van der Waals surface area (Å²) < 4.78 is 5.18. The second-order valence-corrected chi connectivity index (χ2v) is 6.95. The van der Waals surface area contributed by atoms with E-state index in [2.05, 4.69) is 11.9 Å². The quantitative estimate of drug-likeness (QED) is 0.451. The van der Waals surface area contributed by atoms with E-state index in [1.54, 1.807) is 30.3 Å². The van der Waals surface area contributed by atoms with E-state index in [0.29, 0.717) is 23.2 Å². The van der Waals surface area contributed by atoms with Gasteiger partial charge in [0, 0.05) is 5.56 Å². The molecule has 1 fully saturated rings. The minimum Gasteiger partial charge on any atom is -0.504 e. The normalized spacial score (nSPS) is 15.4. The molecule has 2 N–H and O–H groups in total. The van der Waals surface area contributed by atoms with Crippen molar-refractivity contribution >= 4 is 29.6 Å². The van der Waals surface area contributed by atoms with Crippen LogP contribution in [-0.2, 0) is 16.0 Å². The Kier molecular flexibility index (Phi) is 5.73. The maximum atomic E-state index is 13.1. The number of carbonyl (C=O) groups is 3. The fourth-order valence-electron chi connectivity index (χ4n) is 3.16. The SMILES string of the molecule is C=CCc1cc(C=C2C(=O)NC(=O)N(c3ccc(C)c(C)c3)C2=O)cc(OC)c1O. The van der Waals surface area contributed by atoms with Crippen molar-refractivity contribution in [1.82, 2.24) is 5.32 Å². The van der Waals surface area contributed by atoms with Crippen molar-refractivity contribution in [1.29, 1.82) is 0 Å². The van der Waals surface area contributed by atoms with Crippen LogP contribution in [0.25, 0.3) is 6.08 Å². The van der Waals surface area contributed by atoms with E-state index >= 15 is 0 Å². The molecule has 154 valence electrons. The lowest BCUT2D eigenvalue weighted by Crippen LogP contribution is -2.54. The molecule has 1 aliphatic rings. The first-order valence-corrected chi connectivity index (χ1v) is 9.26. The summed E-state index contributed by atoms with van der Waals surface area (Å²) >= 11 is 0. The van der Waals surface area contributed by atoms with Gasteiger partial charge in [0.25, 0.3) is 11.8 Å². The van der Waals surface area contributed by atoms with Gasteiger partial charge >= 0.3 is 6.03 Å². The van der Waals surface area contributed by atoms with Crippen LogP contribution < -0.4 is 15.0 Å². The number of rotatable bonds is 5. The second-order valence-electron chi connectivity index (χ2n) is 6.95. The van der Waals surface area contributed by atoms with Crippen LogP contribution >= 0.6 is 0 Å². The topological polar surface area (TPSA) is 95.9 Å². The van der Waals surface area contributed by atoms with Gasteiger partial charge in [-0.05, 0) is 67.3 Å². The van der Waals surface area contributed by atoms with Crippen molar-refractivity contribution in [2.45, 2.75) is 20.3 Å². The molecule has 0 saturated carbocycles. The van der Waals surface area contributed by atoms with Crippen LogP contribution in [0, 0.1) is 13.8 Å². The highest BCUT2D eigenvalue weighted by molar-refractivity contribution is 6.39. The van der Waals surface area contributed by atoms with Crippen LogP contribution in [0.5, 0.6) is 11.5 Å². The Labute approximate surface area is 174 Å². The zero-order chi connectivity index (χ0) is 22.0. The molecule has 2 aromatic carbocycles. The molecule has 0 aliphatic carbocycles. The number of hydrogen-bond donors (Lipinski definition) is 2. The first kappa shape index (κ1) is 20.9. The largest absolute Gasteiger partial charge is 0.504 e. The minimum absolute atomic E-state index is 0.0362. The number of imide groups is 2. The van der Waals surface area contributed by atoms with Crippen LogP contribution in [0.15, 0.2) is 48.6 Å². The molecule has 30 heavy (non-hydrogen) atoms. The summed E-state index contributed by atoms with van der Waals surface area (Å²) in [5.74, 6) is -1.36. The van der Waals surface area contributed by atoms with Gasteiger partial charge in [-0.1, -0.05) is 12.1 Å². The maximum absolute atomic E-state index is 13.1. The van der Waals surface area contributed by atoms with Crippen LogP contribution in [0.1, 0.15) is 22.3 Å². The molecule has 3 rings (SSSR count). The Bertz CT molecular complexity index is 1100. The highest BCUT2D eigenvalue weighted by Crippen LogP contribution is 2.33. The number of methoxy groups -OCH3 is 1. The van der Waals surface area contributed by atoms with Crippen LogP contribution in [0.3, 0.4) is 0 Å². The number of aryl methyl sites for hydroxylation is 2. The smallest absolute Gasteiger partial charge is 0.335 e. The van der Waals surface area contributed by atoms with Crippen molar-refractivity contribution in [3.8, 4) is 11.5 Å². The number of barbiturate groups is 1. The number of anilines is 1.